The molecule has 1 aliphatic carbocycles. The lowest BCUT2D eigenvalue weighted by atomic mass is 9.73. The van der Waals surface area contributed by atoms with Gasteiger partial charge in [0.1, 0.15) is 0 Å². The summed E-state index contributed by atoms with van der Waals surface area (Å²) >= 11 is 0. The van der Waals surface area contributed by atoms with Crippen LogP contribution in [0.3, 0.4) is 0 Å². The maximum Gasteiger partial charge on any atom is 0.0976 e. The van der Waals surface area contributed by atoms with Gasteiger partial charge >= 0.3 is 0 Å². The molecular weight excluding hydrogens is 304 g/mol. The molecule has 1 aliphatic heterocycles. The quantitative estimate of drug-likeness (QED) is 0.819. The van der Waals surface area contributed by atoms with Crippen LogP contribution in [-0.4, -0.2) is 22.0 Å². The SMILES string of the molecule is C#Cc1ccc2c(c1)[C@@H](N[S@](=O)C(C)(C)C)C1(CCNCC1)C2. The van der Waals surface area contributed by atoms with Crippen LogP contribution in [0.4, 0.5) is 0 Å². The molecule has 1 aromatic rings. The van der Waals surface area contributed by atoms with Crippen molar-refractivity contribution in [2.75, 3.05) is 13.1 Å². The molecule has 4 heteroatoms. The molecule has 1 spiro atoms. The zero-order valence-electron chi connectivity index (χ0n) is 14.2. The van der Waals surface area contributed by atoms with Crippen LogP contribution >= 0.6 is 0 Å². The van der Waals surface area contributed by atoms with Gasteiger partial charge in [0.2, 0.25) is 0 Å². The molecular formula is C19H26N2OS. The van der Waals surface area contributed by atoms with E-state index in [9.17, 15) is 4.21 Å². The monoisotopic (exact) mass is 330 g/mol. The summed E-state index contributed by atoms with van der Waals surface area (Å²) in [5.41, 5.74) is 3.67. The minimum Gasteiger partial charge on any atom is -0.317 e. The maximum absolute atomic E-state index is 12.8. The third kappa shape index (κ3) is 3.10. The fraction of sp³-hybridized carbons (Fsp3) is 0.579. The van der Waals surface area contributed by atoms with E-state index < -0.39 is 11.0 Å². The summed E-state index contributed by atoms with van der Waals surface area (Å²) in [6.07, 6.45) is 8.85. The Balaban J connectivity index is 2.00. The number of terminal acetylenes is 1. The smallest absolute Gasteiger partial charge is 0.0976 e. The van der Waals surface area contributed by atoms with Crippen molar-refractivity contribution in [2.24, 2.45) is 5.41 Å². The summed E-state index contributed by atoms with van der Waals surface area (Å²) in [7, 11) is -1.09. The summed E-state index contributed by atoms with van der Waals surface area (Å²) < 4.78 is 15.9. The Hall–Kier alpha value is -1.15. The topological polar surface area (TPSA) is 41.1 Å². The number of nitrogens with one attached hydrogen (secondary N) is 2. The molecule has 2 N–H and O–H groups in total. The van der Waals surface area contributed by atoms with E-state index in [1.54, 1.807) is 0 Å². The zero-order valence-corrected chi connectivity index (χ0v) is 15.1. The van der Waals surface area contributed by atoms with E-state index in [1.807, 2.05) is 26.8 Å². The molecule has 3 nitrogen and oxygen atoms in total. The lowest BCUT2D eigenvalue weighted by molar-refractivity contribution is 0.164. The Labute approximate surface area is 142 Å². The molecule has 124 valence electrons. The van der Waals surface area contributed by atoms with E-state index in [-0.39, 0.29) is 16.2 Å². The lowest BCUT2D eigenvalue weighted by Gasteiger charge is -2.40. The second kappa shape index (κ2) is 6.05. The predicted octanol–water partition coefficient (Wildman–Crippen LogP) is 2.69. The first-order valence-electron chi connectivity index (χ1n) is 8.34. The first kappa shape index (κ1) is 16.7. The van der Waals surface area contributed by atoms with Crippen molar-refractivity contribution in [3.05, 3.63) is 34.9 Å². The normalized spacial score (nSPS) is 24.2. The Kier molecular flexibility index (Phi) is 4.39. The van der Waals surface area contributed by atoms with Crippen molar-refractivity contribution in [1.82, 2.24) is 10.0 Å². The van der Waals surface area contributed by atoms with E-state index in [0.29, 0.717) is 0 Å². The van der Waals surface area contributed by atoms with E-state index in [1.165, 1.54) is 11.1 Å². The third-order valence-corrected chi connectivity index (χ3v) is 6.72. The van der Waals surface area contributed by atoms with Crippen LogP contribution in [0.15, 0.2) is 18.2 Å². The zero-order chi connectivity index (χ0) is 16.7. The van der Waals surface area contributed by atoms with Crippen molar-refractivity contribution in [1.29, 1.82) is 0 Å². The fourth-order valence-electron chi connectivity index (χ4n) is 3.79. The molecule has 0 saturated carbocycles. The molecule has 0 bridgehead atoms. The van der Waals surface area contributed by atoms with E-state index in [0.717, 1.165) is 37.9 Å². The minimum absolute atomic E-state index is 0.118. The average Bonchev–Trinajstić information content (AvgIpc) is 2.79. The molecule has 3 rings (SSSR count). The summed E-state index contributed by atoms with van der Waals surface area (Å²) in [6.45, 7) is 8.09. The number of piperidine rings is 1. The first-order chi connectivity index (χ1) is 10.9. The molecule has 1 aromatic carbocycles. The standard InChI is InChI=1S/C19H26N2OS/c1-5-14-6-7-15-13-19(8-10-20-11-9-19)17(16(15)12-14)21-23(22)18(2,3)4/h1,6-7,12,17,20-21H,8-11,13H2,2-4H3/t17-,23-/m1/s1. The summed E-state index contributed by atoms with van der Waals surface area (Å²) in [6, 6.07) is 6.42. The van der Waals surface area contributed by atoms with Crippen LogP contribution in [0, 0.1) is 17.8 Å². The lowest BCUT2D eigenvalue weighted by Crippen LogP contribution is -2.46. The first-order valence-corrected chi connectivity index (χ1v) is 9.49. The van der Waals surface area contributed by atoms with Crippen LogP contribution in [0.25, 0.3) is 0 Å². The summed E-state index contributed by atoms with van der Waals surface area (Å²) in [5.74, 6) is 2.74. The van der Waals surface area contributed by atoms with Gasteiger partial charge in [-0.3, -0.25) is 0 Å². The van der Waals surface area contributed by atoms with Crippen LogP contribution in [0.2, 0.25) is 0 Å². The molecule has 2 aliphatic rings. The Bertz CT molecular complexity index is 663. The number of benzene rings is 1. The van der Waals surface area contributed by atoms with Gasteiger partial charge in [-0.1, -0.05) is 12.0 Å². The highest BCUT2D eigenvalue weighted by molar-refractivity contribution is 7.84. The molecule has 0 aromatic heterocycles. The van der Waals surface area contributed by atoms with Gasteiger partial charge in [0.05, 0.1) is 21.8 Å². The number of rotatable bonds is 2. The molecule has 23 heavy (non-hydrogen) atoms. The van der Waals surface area contributed by atoms with Gasteiger partial charge in [0.25, 0.3) is 0 Å². The fourth-order valence-corrected chi connectivity index (χ4v) is 4.73. The largest absolute Gasteiger partial charge is 0.317 e. The minimum atomic E-state index is -1.09. The average molecular weight is 330 g/mol. The molecule has 1 fully saturated rings. The van der Waals surface area contributed by atoms with Gasteiger partial charge < -0.3 is 5.32 Å². The number of hydrogen-bond donors (Lipinski definition) is 2. The van der Waals surface area contributed by atoms with E-state index in [2.05, 4.69) is 28.1 Å². The van der Waals surface area contributed by atoms with E-state index in [4.69, 9.17) is 6.42 Å². The number of fused-ring (bicyclic) bond motifs is 1. The highest BCUT2D eigenvalue weighted by Gasteiger charge is 2.47. The van der Waals surface area contributed by atoms with Gasteiger partial charge in [-0.15, -0.1) is 6.42 Å². The van der Waals surface area contributed by atoms with Crippen molar-refractivity contribution < 1.29 is 4.21 Å². The highest BCUT2D eigenvalue weighted by Crippen LogP contribution is 2.51. The van der Waals surface area contributed by atoms with Gasteiger partial charge in [0.15, 0.2) is 0 Å². The summed E-state index contributed by atoms with van der Waals surface area (Å²) in [4.78, 5) is 0. The van der Waals surface area contributed by atoms with Crippen LogP contribution in [-0.2, 0) is 17.4 Å². The Morgan fingerprint density at radius 2 is 2.04 bits per heavy atom. The Morgan fingerprint density at radius 3 is 2.65 bits per heavy atom. The number of hydrogen-bond acceptors (Lipinski definition) is 2. The predicted molar refractivity (Wildman–Crippen MR) is 96.4 cm³/mol. The second-order valence-electron chi connectivity index (χ2n) is 7.78. The van der Waals surface area contributed by atoms with Crippen LogP contribution < -0.4 is 10.0 Å². The molecule has 1 saturated heterocycles. The van der Waals surface area contributed by atoms with E-state index >= 15 is 0 Å². The second-order valence-corrected chi connectivity index (χ2v) is 9.78. The Morgan fingerprint density at radius 1 is 1.35 bits per heavy atom. The van der Waals surface area contributed by atoms with Crippen molar-refractivity contribution in [3.8, 4) is 12.3 Å². The van der Waals surface area contributed by atoms with Crippen molar-refractivity contribution in [3.63, 3.8) is 0 Å². The summed E-state index contributed by atoms with van der Waals surface area (Å²) in [5, 5.41) is 3.45. The van der Waals surface area contributed by atoms with Gasteiger partial charge in [-0.05, 0) is 81.8 Å². The van der Waals surface area contributed by atoms with Crippen molar-refractivity contribution >= 4 is 11.0 Å². The molecule has 1 heterocycles. The van der Waals surface area contributed by atoms with Crippen LogP contribution in [0.5, 0.6) is 0 Å². The maximum atomic E-state index is 12.8. The molecule has 2 atom stereocenters. The van der Waals surface area contributed by atoms with Gasteiger partial charge in [0, 0.05) is 5.56 Å². The van der Waals surface area contributed by atoms with Crippen LogP contribution in [0.1, 0.15) is 56.3 Å². The third-order valence-electron chi connectivity index (χ3n) is 5.16. The molecule has 0 radical (unpaired) electrons. The van der Waals surface area contributed by atoms with Gasteiger partial charge in [-0.2, -0.15) is 0 Å². The molecule has 0 unspecified atom stereocenters. The van der Waals surface area contributed by atoms with Gasteiger partial charge in [-0.25, -0.2) is 8.93 Å². The molecule has 0 amide bonds. The highest BCUT2D eigenvalue weighted by atomic mass is 32.2. The van der Waals surface area contributed by atoms with Crippen molar-refractivity contribution in [2.45, 2.75) is 50.8 Å².